The van der Waals surface area contributed by atoms with Gasteiger partial charge in [-0.25, -0.2) is 4.98 Å². The van der Waals surface area contributed by atoms with E-state index in [1.807, 2.05) is 24.4 Å². The van der Waals surface area contributed by atoms with E-state index in [0.717, 1.165) is 22.3 Å². The van der Waals surface area contributed by atoms with Crippen molar-refractivity contribution in [1.29, 1.82) is 0 Å². The first kappa shape index (κ1) is 13.2. The van der Waals surface area contributed by atoms with Crippen molar-refractivity contribution in [3.05, 3.63) is 30.5 Å². The zero-order valence-electron chi connectivity index (χ0n) is 12.0. The average Bonchev–Trinajstić information content (AvgIpc) is 3.31. The van der Waals surface area contributed by atoms with Gasteiger partial charge in [-0.1, -0.05) is 12.1 Å². The number of likely N-dealkylation sites (N-methyl/N-ethyl adjacent to an activating group) is 1. The Balaban J connectivity index is 2.06. The Morgan fingerprint density at radius 2 is 2.15 bits per heavy atom. The summed E-state index contributed by atoms with van der Waals surface area (Å²) in [5, 5.41) is 2.21. The fraction of sp³-hybridized carbons (Fsp3) is 0.438. The molecule has 1 atom stereocenters. The van der Waals surface area contributed by atoms with Crippen LogP contribution in [0, 0.1) is 5.92 Å². The molecule has 1 fully saturated rings. The predicted molar refractivity (Wildman–Crippen MR) is 82.3 cm³/mol. The van der Waals surface area contributed by atoms with Crippen molar-refractivity contribution in [2.24, 2.45) is 11.7 Å². The van der Waals surface area contributed by atoms with E-state index in [0.29, 0.717) is 18.5 Å². The van der Waals surface area contributed by atoms with Gasteiger partial charge in [-0.15, -0.1) is 0 Å². The first-order valence-corrected chi connectivity index (χ1v) is 7.11. The monoisotopic (exact) mass is 271 g/mol. The molecule has 0 radical (unpaired) electrons. The standard InChI is InChI=1S/C16H21N3O/c1-19(14(10-17)11-6-7-11)16-13-4-3-5-15(20-2)12(13)8-9-18-16/h3-5,8-9,11,14H,6-7,10,17H2,1-2H3. The molecule has 1 aliphatic carbocycles. The second-order valence-corrected chi connectivity index (χ2v) is 5.44. The fourth-order valence-corrected chi connectivity index (χ4v) is 2.93. The smallest absolute Gasteiger partial charge is 0.136 e. The van der Waals surface area contributed by atoms with Gasteiger partial charge in [0.25, 0.3) is 0 Å². The van der Waals surface area contributed by atoms with Crippen LogP contribution in [0.25, 0.3) is 10.8 Å². The highest BCUT2D eigenvalue weighted by molar-refractivity contribution is 5.96. The van der Waals surface area contributed by atoms with Gasteiger partial charge in [-0.05, 0) is 30.9 Å². The molecular formula is C16H21N3O. The van der Waals surface area contributed by atoms with Gasteiger partial charge >= 0.3 is 0 Å². The summed E-state index contributed by atoms with van der Waals surface area (Å²) in [5.74, 6) is 2.59. The number of hydrogen-bond acceptors (Lipinski definition) is 4. The number of methoxy groups -OCH3 is 1. The zero-order valence-corrected chi connectivity index (χ0v) is 12.0. The van der Waals surface area contributed by atoms with Crippen LogP contribution in [0.4, 0.5) is 5.82 Å². The minimum Gasteiger partial charge on any atom is -0.496 e. The Kier molecular flexibility index (Phi) is 3.49. The van der Waals surface area contributed by atoms with E-state index in [1.165, 1.54) is 12.8 Å². The van der Waals surface area contributed by atoms with Gasteiger partial charge in [0.1, 0.15) is 11.6 Å². The van der Waals surface area contributed by atoms with Crippen LogP contribution in [0.3, 0.4) is 0 Å². The number of ether oxygens (including phenoxy) is 1. The van der Waals surface area contributed by atoms with Crippen molar-refractivity contribution >= 4 is 16.6 Å². The van der Waals surface area contributed by atoms with Crippen LogP contribution in [-0.4, -0.2) is 31.7 Å². The first-order valence-electron chi connectivity index (χ1n) is 7.11. The molecule has 0 bridgehead atoms. The molecule has 4 heteroatoms. The lowest BCUT2D eigenvalue weighted by molar-refractivity contribution is 0.420. The number of nitrogens with zero attached hydrogens (tertiary/aromatic N) is 2. The Morgan fingerprint density at radius 3 is 2.80 bits per heavy atom. The summed E-state index contributed by atoms with van der Waals surface area (Å²) in [6.45, 7) is 0.670. The molecular weight excluding hydrogens is 250 g/mol. The second kappa shape index (κ2) is 5.29. The molecule has 1 aromatic heterocycles. The second-order valence-electron chi connectivity index (χ2n) is 5.44. The van der Waals surface area contributed by atoms with E-state index >= 15 is 0 Å². The van der Waals surface area contributed by atoms with Crippen molar-refractivity contribution in [2.45, 2.75) is 18.9 Å². The minimum atomic E-state index is 0.374. The molecule has 20 heavy (non-hydrogen) atoms. The molecule has 0 aliphatic heterocycles. The van der Waals surface area contributed by atoms with Crippen LogP contribution in [0.5, 0.6) is 5.75 Å². The lowest BCUT2D eigenvalue weighted by Gasteiger charge is -2.29. The molecule has 1 heterocycles. The third kappa shape index (κ3) is 2.20. The SMILES string of the molecule is COc1cccc2c(N(C)C(CN)C3CC3)nccc12. The molecule has 0 amide bonds. The van der Waals surface area contributed by atoms with E-state index in [2.05, 4.69) is 23.0 Å². The van der Waals surface area contributed by atoms with Crippen LogP contribution in [0.2, 0.25) is 0 Å². The van der Waals surface area contributed by atoms with Crippen LogP contribution in [0.1, 0.15) is 12.8 Å². The van der Waals surface area contributed by atoms with Gasteiger partial charge in [0.05, 0.1) is 7.11 Å². The summed E-state index contributed by atoms with van der Waals surface area (Å²) in [7, 11) is 3.79. The quantitative estimate of drug-likeness (QED) is 0.907. The number of pyridine rings is 1. The summed E-state index contributed by atoms with van der Waals surface area (Å²) in [4.78, 5) is 6.81. The van der Waals surface area contributed by atoms with E-state index in [1.54, 1.807) is 7.11 Å². The fourth-order valence-electron chi connectivity index (χ4n) is 2.93. The Labute approximate surface area is 119 Å². The van der Waals surface area contributed by atoms with Gasteiger partial charge in [-0.3, -0.25) is 0 Å². The third-order valence-corrected chi connectivity index (χ3v) is 4.20. The minimum absolute atomic E-state index is 0.374. The summed E-state index contributed by atoms with van der Waals surface area (Å²) in [6, 6.07) is 8.46. The summed E-state index contributed by atoms with van der Waals surface area (Å²) < 4.78 is 5.44. The maximum atomic E-state index is 5.96. The lowest BCUT2D eigenvalue weighted by atomic mass is 10.1. The summed E-state index contributed by atoms with van der Waals surface area (Å²) in [6.07, 6.45) is 4.40. The maximum absolute atomic E-state index is 5.96. The third-order valence-electron chi connectivity index (χ3n) is 4.20. The summed E-state index contributed by atoms with van der Waals surface area (Å²) >= 11 is 0. The average molecular weight is 271 g/mol. The number of benzene rings is 1. The van der Waals surface area contributed by atoms with Crippen molar-refractivity contribution in [3.63, 3.8) is 0 Å². The van der Waals surface area contributed by atoms with Crippen LogP contribution in [-0.2, 0) is 0 Å². The number of nitrogens with two attached hydrogens (primary N) is 1. The first-order chi connectivity index (χ1) is 9.76. The van der Waals surface area contributed by atoms with Gasteiger partial charge in [0.15, 0.2) is 0 Å². The molecule has 4 nitrogen and oxygen atoms in total. The van der Waals surface area contributed by atoms with Crippen molar-refractivity contribution in [2.75, 3.05) is 25.6 Å². The molecule has 106 valence electrons. The predicted octanol–water partition coefficient (Wildman–Crippen LogP) is 2.42. The lowest BCUT2D eigenvalue weighted by Crippen LogP contribution is -2.40. The van der Waals surface area contributed by atoms with Crippen molar-refractivity contribution < 1.29 is 4.74 Å². The molecule has 2 N–H and O–H groups in total. The van der Waals surface area contributed by atoms with Crippen LogP contribution >= 0.6 is 0 Å². The van der Waals surface area contributed by atoms with Gasteiger partial charge in [-0.2, -0.15) is 0 Å². The topological polar surface area (TPSA) is 51.4 Å². The highest BCUT2D eigenvalue weighted by Gasteiger charge is 2.33. The molecule has 0 saturated heterocycles. The highest BCUT2D eigenvalue weighted by Crippen LogP contribution is 2.38. The van der Waals surface area contributed by atoms with Crippen LogP contribution in [0.15, 0.2) is 30.5 Å². The van der Waals surface area contributed by atoms with Crippen molar-refractivity contribution in [3.8, 4) is 5.75 Å². The number of fused-ring (bicyclic) bond motifs is 1. The zero-order chi connectivity index (χ0) is 14.1. The van der Waals surface area contributed by atoms with Gasteiger partial charge < -0.3 is 15.4 Å². The molecule has 2 aromatic rings. The van der Waals surface area contributed by atoms with Crippen LogP contribution < -0.4 is 15.4 Å². The van der Waals surface area contributed by atoms with E-state index in [4.69, 9.17) is 10.5 Å². The number of rotatable bonds is 5. The number of anilines is 1. The highest BCUT2D eigenvalue weighted by atomic mass is 16.5. The van der Waals surface area contributed by atoms with Gasteiger partial charge in [0, 0.05) is 36.6 Å². The molecule has 1 aliphatic rings. The molecule has 3 rings (SSSR count). The molecule has 0 spiro atoms. The van der Waals surface area contributed by atoms with E-state index in [-0.39, 0.29) is 0 Å². The van der Waals surface area contributed by atoms with E-state index < -0.39 is 0 Å². The Morgan fingerprint density at radius 1 is 1.35 bits per heavy atom. The van der Waals surface area contributed by atoms with Crippen molar-refractivity contribution in [1.82, 2.24) is 4.98 Å². The number of hydrogen-bond donors (Lipinski definition) is 1. The molecule has 1 saturated carbocycles. The van der Waals surface area contributed by atoms with Gasteiger partial charge in [0.2, 0.25) is 0 Å². The summed E-state index contributed by atoms with van der Waals surface area (Å²) in [5.41, 5.74) is 5.96. The molecule has 1 unspecified atom stereocenters. The Hall–Kier alpha value is -1.81. The Bertz CT molecular complexity index is 610. The largest absolute Gasteiger partial charge is 0.496 e. The normalized spacial score (nSPS) is 16.1. The maximum Gasteiger partial charge on any atom is 0.136 e. The number of aromatic nitrogens is 1. The van der Waals surface area contributed by atoms with E-state index in [9.17, 15) is 0 Å². The molecule has 1 aromatic carbocycles.